The topological polar surface area (TPSA) is 61.9 Å². The molecule has 6 nitrogen and oxygen atoms in total. The zero-order valence-electron chi connectivity index (χ0n) is 14.6. The van der Waals surface area contributed by atoms with Crippen LogP contribution in [0.15, 0.2) is 35.1 Å². The maximum Gasteiger partial charge on any atom is 0.368 e. The minimum Gasteiger partial charge on any atom is -0.487 e. The van der Waals surface area contributed by atoms with E-state index in [1.165, 1.54) is 9.36 Å². The van der Waals surface area contributed by atoms with Gasteiger partial charge in [-0.25, -0.2) is 4.79 Å². The molecular weight excluding hydrogens is 340 g/mol. The summed E-state index contributed by atoms with van der Waals surface area (Å²) >= 11 is 6.29. The zero-order chi connectivity index (χ0) is 18.1. The number of aromatic nitrogens is 4. The van der Waals surface area contributed by atoms with Gasteiger partial charge in [0.1, 0.15) is 12.4 Å². The van der Waals surface area contributed by atoms with Gasteiger partial charge in [-0.05, 0) is 66.1 Å². The highest BCUT2D eigenvalue weighted by Crippen LogP contribution is 2.29. The van der Waals surface area contributed by atoms with Gasteiger partial charge in [-0.15, -0.1) is 0 Å². The number of nitrogens with zero attached hydrogens (tertiary/aromatic N) is 4. The summed E-state index contributed by atoms with van der Waals surface area (Å²) in [7, 11) is 1.56. The van der Waals surface area contributed by atoms with Crippen molar-refractivity contribution in [2.45, 2.75) is 27.4 Å². The van der Waals surface area contributed by atoms with Gasteiger partial charge in [0.25, 0.3) is 0 Å². The summed E-state index contributed by atoms with van der Waals surface area (Å²) in [5, 5.41) is 8.26. The van der Waals surface area contributed by atoms with E-state index in [4.69, 9.17) is 16.3 Å². The quantitative estimate of drug-likeness (QED) is 0.719. The molecule has 3 aromatic rings. The largest absolute Gasteiger partial charge is 0.487 e. The molecule has 1 aromatic heterocycles. The molecule has 0 N–H and O–H groups in total. The summed E-state index contributed by atoms with van der Waals surface area (Å²) in [6.07, 6.45) is 0. The summed E-state index contributed by atoms with van der Waals surface area (Å²) in [6.45, 7) is 6.25. The van der Waals surface area contributed by atoms with Crippen LogP contribution in [0.4, 0.5) is 0 Å². The van der Waals surface area contributed by atoms with Crippen LogP contribution in [0.5, 0.6) is 5.75 Å². The lowest BCUT2D eigenvalue weighted by Gasteiger charge is -2.14. The molecule has 130 valence electrons. The van der Waals surface area contributed by atoms with E-state index < -0.39 is 0 Å². The first kappa shape index (κ1) is 17.2. The first-order valence-electron chi connectivity index (χ1n) is 7.86. The number of hydrogen-bond acceptors (Lipinski definition) is 4. The van der Waals surface area contributed by atoms with Gasteiger partial charge in [0.05, 0.1) is 10.7 Å². The number of benzene rings is 2. The van der Waals surface area contributed by atoms with Crippen molar-refractivity contribution in [3.63, 3.8) is 0 Å². The second-order valence-corrected chi connectivity index (χ2v) is 6.43. The lowest BCUT2D eigenvalue weighted by atomic mass is 10.1. The normalized spacial score (nSPS) is 10.9. The monoisotopic (exact) mass is 358 g/mol. The lowest BCUT2D eigenvalue weighted by Crippen LogP contribution is -2.23. The first-order chi connectivity index (χ1) is 11.9. The molecule has 25 heavy (non-hydrogen) atoms. The van der Waals surface area contributed by atoms with Crippen molar-refractivity contribution in [3.8, 4) is 11.4 Å². The molecule has 0 fully saturated rings. The third-order valence-electron chi connectivity index (χ3n) is 4.26. The van der Waals surface area contributed by atoms with Crippen LogP contribution in [0.1, 0.15) is 22.3 Å². The second-order valence-electron chi connectivity index (χ2n) is 6.03. The fraction of sp³-hybridized carbons (Fsp3) is 0.278. The highest BCUT2D eigenvalue weighted by atomic mass is 35.5. The minimum absolute atomic E-state index is 0.271. The van der Waals surface area contributed by atoms with Crippen molar-refractivity contribution in [3.05, 3.63) is 68.1 Å². The Labute approximate surface area is 150 Å². The molecule has 0 amide bonds. The van der Waals surface area contributed by atoms with Crippen molar-refractivity contribution >= 4 is 11.6 Å². The Balaban J connectivity index is 1.97. The van der Waals surface area contributed by atoms with Crippen molar-refractivity contribution in [2.24, 2.45) is 7.05 Å². The van der Waals surface area contributed by atoms with Crippen LogP contribution in [0, 0.1) is 20.8 Å². The fourth-order valence-corrected chi connectivity index (χ4v) is 2.83. The molecule has 3 rings (SSSR count). The number of halogens is 1. The molecule has 0 bridgehead atoms. The molecule has 0 atom stereocenters. The number of hydrogen-bond donors (Lipinski definition) is 0. The van der Waals surface area contributed by atoms with E-state index >= 15 is 0 Å². The van der Waals surface area contributed by atoms with Crippen LogP contribution in [-0.4, -0.2) is 19.8 Å². The average Bonchev–Trinajstić information content (AvgIpc) is 2.90. The smallest absolute Gasteiger partial charge is 0.368 e. The summed E-state index contributed by atoms with van der Waals surface area (Å²) in [4.78, 5) is 12.2. The third kappa shape index (κ3) is 3.30. The van der Waals surface area contributed by atoms with Crippen LogP contribution in [0.2, 0.25) is 5.02 Å². The number of aryl methyl sites for hydroxylation is 4. The van der Waals surface area contributed by atoms with Crippen molar-refractivity contribution < 1.29 is 4.74 Å². The third-order valence-corrected chi connectivity index (χ3v) is 4.55. The van der Waals surface area contributed by atoms with E-state index in [2.05, 4.69) is 10.4 Å². The Kier molecular flexibility index (Phi) is 4.63. The molecule has 0 saturated carbocycles. The van der Waals surface area contributed by atoms with E-state index in [9.17, 15) is 4.79 Å². The molecule has 0 aliphatic carbocycles. The predicted octanol–water partition coefficient (Wildman–Crippen LogP) is 3.12. The first-order valence-corrected chi connectivity index (χ1v) is 8.23. The van der Waals surface area contributed by atoms with Crippen molar-refractivity contribution in [2.75, 3.05) is 0 Å². The molecule has 1 heterocycles. The molecular formula is C18H19ClN4O2. The molecule has 2 aromatic carbocycles. The summed E-state index contributed by atoms with van der Waals surface area (Å²) in [6, 6.07) is 9.47. The van der Waals surface area contributed by atoms with Gasteiger partial charge in [-0.3, -0.25) is 0 Å². The van der Waals surface area contributed by atoms with Gasteiger partial charge in [-0.1, -0.05) is 23.7 Å². The van der Waals surface area contributed by atoms with Crippen LogP contribution < -0.4 is 10.4 Å². The van der Waals surface area contributed by atoms with E-state index in [1.54, 1.807) is 7.05 Å². The molecule has 7 heteroatoms. The van der Waals surface area contributed by atoms with Gasteiger partial charge < -0.3 is 4.74 Å². The van der Waals surface area contributed by atoms with Crippen molar-refractivity contribution in [1.82, 2.24) is 19.8 Å². The van der Waals surface area contributed by atoms with E-state index in [0.717, 1.165) is 22.3 Å². The maximum atomic E-state index is 12.2. The minimum atomic E-state index is -0.309. The van der Waals surface area contributed by atoms with E-state index in [1.807, 2.05) is 51.1 Å². The standard InChI is InChI=1S/C18H19ClN4O2/c1-11-6-5-7-16(23-18(24)22(4)20-21-23)14(11)10-25-17-9-13(3)12(2)8-15(17)19/h5-9H,10H2,1-4H3. The van der Waals surface area contributed by atoms with Gasteiger partial charge >= 0.3 is 5.69 Å². The van der Waals surface area contributed by atoms with Crippen LogP contribution in [0.25, 0.3) is 5.69 Å². The highest BCUT2D eigenvalue weighted by Gasteiger charge is 2.14. The summed E-state index contributed by atoms with van der Waals surface area (Å²) < 4.78 is 8.41. The molecule has 0 spiro atoms. The predicted molar refractivity (Wildman–Crippen MR) is 96.6 cm³/mol. The van der Waals surface area contributed by atoms with E-state index in [0.29, 0.717) is 16.5 Å². The molecule has 0 unspecified atom stereocenters. The van der Waals surface area contributed by atoms with Gasteiger partial charge in [0, 0.05) is 12.6 Å². The number of tetrazole rings is 1. The Morgan fingerprint density at radius 2 is 1.80 bits per heavy atom. The van der Waals surface area contributed by atoms with Gasteiger partial charge in [-0.2, -0.15) is 9.36 Å². The second kappa shape index (κ2) is 6.72. The van der Waals surface area contributed by atoms with E-state index in [-0.39, 0.29) is 12.3 Å². The Morgan fingerprint density at radius 1 is 1.08 bits per heavy atom. The molecule has 0 saturated heterocycles. The average molecular weight is 359 g/mol. The fourth-order valence-electron chi connectivity index (χ4n) is 2.55. The SMILES string of the molecule is Cc1cc(Cl)c(OCc2c(C)cccc2-n2nnn(C)c2=O)cc1C. The molecule has 0 radical (unpaired) electrons. The summed E-state index contributed by atoms with van der Waals surface area (Å²) in [5.74, 6) is 0.616. The summed E-state index contributed by atoms with van der Waals surface area (Å²) in [5.41, 5.74) is 4.41. The zero-order valence-corrected chi connectivity index (χ0v) is 15.3. The Hall–Kier alpha value is -2.60. The highest BCUT2D eigenvalue weighted by molar-refractivity contribution is 6.32. The van der Waals surface area contributed by atoms with Crippen LogP contribution in [-0.2, 0) is 13.7 Å². The lowest BCUT2D eigenvalue weighted by molar-refractivity contribution is 0.304. The number of ether oxygens (including phenoxy) is 1. The van der Waals surface area contributed by atoms with Crippen molar-refractivity contribution in [1.29, 1.82) is 0 Å². The Bertz CT molecular complexity index is 991. The van der Waals surface area contributed by atoms with Crippen LogP contribution >= 0.6 is 11.6 Å². The van der Waals surface area contributed by atoms with Crippen LogP contribution in [0.3, 0.4) is 0 Å². The Morgan fingerprint density at radius 3 is 2.48 bits per heavy atom. The molecule has 0 aliphatic rings. The number of rotatable bonds is 4. The van der Waals surface area contributed by atoms with Gasteiger partial charge in [0.2, 0.25) is 0 Å². The maximum absolute atomic E-state index is 12.2. The van der Waals surface area contributed by atoms with Gasteiger partial charge in [0.15, 0.2) is 0 Å². The molecule has 0 aliphatic heterocycles.